The largest absolute Gasteiger partial charge is 0.361 e. The van der Waals surface area contributed by atoms with E-state index in [9.17, 15) is 9.59 Å². The highest BCUT2D eigenvalue weighted by Gasteiger charge is 2.04. The topological polar surface area (TPSA) is 79.2 Å². The molecule has 0 aliphatic rings. The molecule has 1 atom stereocenters. The summed E-state index contributed by atoms with van der Waals surface area (Å²) in [5.74, 6) is 0.0283. The molecule has 2 aromatic rings. The Morgan fingerprint density at radius 2 is 2.09 bits per heavy atom. The summed E-state index contributed by atoms with van der Waals surface area (Å²) in [4.78, 5) is 25.4. The lowest BCUT2D eigenvalue weighted by atomic mass is 10.1. The van der Waals surface area contributed by atoms with Crippen LogP contribution in [0.1, 0.15) is 32.8 Å². The van der Waals surface area contributed by atoms with Gasteiger partial charge in [0.05, 0.1) is 6.54 Å². The summed E-state index contributed by atoms with van der Waals surface area (Å²) >= 11 is 0. The molecule has 23 heavy (non-hydrogen) atoms. The van der Waals surface area contributed by atoms with Gasteiger partial charge in [0.15, 0.2) is 0 Å². The molecule has 0 spiro atoms. The van der Waals surface area contributed by atoms with E-state index in [1.807, 2.05) is 26.1 Å². The van der Waals surface area contributed by atoms with E-state index in [0.717, 1.165) is 12.8 Å². The summed E-state index contributed by atoms with van der Waals surface area (Å²) in [7, 11) is 0. The molecule has 5 nitrogen and oxygen atoms in total. The van der Waals surface area contributed by atoms with Gasteiger partial charge in [-0.15, -0.1) is 0 Å². The molecule has 1 aromatic carbocycles. The Morgan fingerprint density at radius 1 is 1.39 bits per heavy atom. The Bertz CT molecular complexity index is 620. The third-order valence-corrected chi connectivity index (χ3v) is 3.30. The maximum Gasteiger partial charge on any atom is 0.210 e. The third kappa shape index (κ3) is 6.65. The minimum Gasteiger partial charge on any atom is -0.361 e. The SMILES string of the molecule is CC(N)Cc1c[nH]c2ccccc12.CCCN(C=O)CC(C)=O. The first-order chi connectivity index (χ1) is 11.0. The summed E-state index contributed by atoms with van der Waals surface area (Å²) in [6.07, 6.45) is 4.59. The van der Waals surface area contributed by atoms with Gasteiger partial charge in [0.2, 0.25) is 6.41 Å². The first kappa shape index (κ1) is 18.9. The molecule has 2 rings (SSSR count). The fourth-order valence-electron chi connectivity index (χ4n) is 2.39. The van der Waals surface area contributed by atoms with Gasteiger partial charge in [-0.05, 0) is 38.3 Å². The lowest BCUT2D eigenvalue weighted by Crippen LogP contribution is -2.27. The number of hydrogen-bond donors (Lipinski definition) is 2. The van der Waals surface area contributed by atoms with Crippen LogP contribution in [0.4, 0.5) is 0 Å². The zero-order valence-corrected chi connectivity index (χ0v) is 14.2. The van der Waals surface area contributed by atoms with E-state index in [1.54, 1.807) is 0 Å². The molecule has 1 aromatic heterocycles. The van der Waals surface area contributed by atoms with Crippen LogP contribution in [0.2, 0.25) is 0 Å². The van der Waals surface area contributed by atoms with Gasteiger partial charge in [0.1, 0.15) is 5.78 Å². The second kappa shape index (κ2) is 9.79. The average molecular weight is 317 g/mol. The van der Waals surface area contributed by atoms with E-state index in [4.69, 9.17) is 5.73 Å². The fourth-order valence-corrected chi connectivity index (χ4v) is 2.39. The number of fused-ring (bicyclic) bond motifs is 1. The molecule has 0 aliphatic carbocycles. The molecule has 0 aliphatic heterocycles. The molecule has 1 amide bonds. The Balaban J connectivity index is 0.000000241. The molecule has 5 heteroatoms. The van der Waals surface area contributed by atoms with Gasteiger partial charge >= 0.3 is 0 Å². The second-order valence-electron chi connectivity index (χ2n) is 5.82. The number of nitrogens with zero attached hydrogens (tertiary/aromatic N) is 1. The zero-order valence-electron chi connectivity index (χ0n) is 14.2. The van der Waals surface area contributed by atoms with Crippen LogP contribution in [-0.2, 0) is 16.0 Å². The Labute approximate surface area is 137 Å². The summed E-state index contributed by atoms with van der Waals surface area (Å²) in [6, 6.07) is 8.53. The summed E-state index contributed by atoms with van der Waals surface area (Å²) < 4.78 is 0. The van der Waals surface area contributed by atoms with Crippen molar-refractivity contribution in [2.45, 2.75) is 39.7 Å². The molecule has 3 N–H and O–H groups in total. The molecule has 1 unspecified atom stereocenters. The lowest BCUT2D eigenvalue weighted by molar-refractivity contribution is -0.125. The van der Waals surface area contributed by atoms with E-state index < -0.39 is 0 Å². The molecule has 1 heterocycles. The summed E-state index contributed by atoms with van der Waals surface area (Å²) in [6.45, 7) is 6.39. The third-order valence-electron chi connectivity index (χ3n) is 3.30. The molecular weight excluding hydrogens is 290 g/mol. The summed E-state index contributed by atoms with van der Waals surface area (Å²) in [5, 5.41) is 1.29. The van der Waals surface area contributed by atoms with Gasteiger partial charge in [-0.1, -0.05) is 25.1 Å². The molecule has 0 saturated carbocycles. The van der Waals surface area contributed by atoms with Crippen molar-refractivity contribution in [3.63, 3.8) is 0 Å². The zero-order chi connectivity index (χ0) is 17.2. The van der Waals surface area contributed by atoms with Gasteiger partial charge in [0.25, 0.3) is 0 Å². The Kier molecular flexibility index (Phi) is 8.05. The number of aromatic amines is 1. The summed E-state index contributed by atoms with van der Waals surface area (Å²) in [5.41, 5.74) is 8.26. The van der Waals surface area contributed by atoms with Crippen molar-refractivity contribution in [1.29, 1.82) is 0 Å². The first-order valence-electron chi connectivity index (χ1n) is 7.97. The highest BCUT2D eigenvalue weighted by atomic mass is 16.1. The van der Waals surface area contributed by atoms with Crippen LogP contribution < -0.4 is 5.73 Å². The maximum atomic E-state index is 10.5. The number of Topliss-reactive ketones (excluding diaryl/α,β-unsaturated/α-hetero) is 1. The van der Waals surface area contributed by atoms with E-state index in [1.165, 1.54) is 28.3 Å². The van der Waals surface area contributed by atoms with Crippen molar-refractivity contribution in [1.82, 2.24) is 9.88 Å². The number of carbonyl (C=O) groups is 2. The van der Waals surface area contributed by atoms with Crippen LogP contribution in [0.25, 0.3) is 10.9 Å². The monoisotopic (exact) mass is 317 g/mol. The first-order valence-corrected chi connectivity index (χ1v) is 7.97. The van der Waals surface area contributed by atoms with E-state index in [2.05, 4.69) is 23.2 Å². The number of rotatable bonds is 7. The Hall–Kier alpha value is -2.14. The van der Waals surface area contributed by atoms with Crippen molar-refractivity contribution in [2.75, 3.05) is 13.1 Å². The van der Waals surface area contributed by atoms with Crippen molar-refractivity contribution >= 4 is 23.1 Å². The van der Waals surface area contributed by atoms with Gasteiger partial charge in [0, 0.05) is 29.7 Å². The number of nitrogens with one attached hydrogen (secondary N) is 1. The standard InChI is InChI=1S/C11H14N2.C7H13NO2/c1-8(12)6-9-7-13-11-5-3-2-4-10(9)11;1-3-4-8(6-9)5-7(2)10/h2-5,7-8,13H,6,12H2,1H3;6H,3-5H2,1-2H3. The minimum absolute atomic E-state index is 0.0283. The van der Waals surface area contributed by atoms with E-state index in [-0.39, 0.29) is 18.4 Å². The molecular formula is C18H27N3O2. The number of carbonyl (C=O) groups excluding carboxylic acids is 2. The quantitative estimate of drug-likeness (QED) is 0.770. The smallest absolute Gasteiger partial charge is 0.210 e. The maximum absolute atomic E-state index is 10.5. The van der Waals surface area contributed by atoms with Crippen LogP contribution in [0.3, 0.4) is 0 Å². The predicted octanol–water partition coefficient (Wildman–Crippen LogP) is 2.50. The minimum atomic E-state index is 0.0283. The second-order valence-corrected chi connectivity index (χ2v) is 5.82. The Morgan fingerprint density at radius 3 is 2.65 bits per heavy atom. The number of H-pyrrole nitrogens is 1. The average Bonchev–Trinajstić information content (AvgIpc) is 2.90. The molecule has 0 radical (unpaired) electrons. The molecule has 126 valence electrons. The number of ketones is 1. The van der Waals surface area contributed by atoms with Crippen LogP contribution in [-0.4, -0.2) is 41.2 Å². The molecule has 0 saturated heterocycles. The number of aromatic nitrogens is 1. The van der Waals surface area contributed by atoms with Gasteiger partial charge in [-0.25, -0.2) is 0 Å². The van der Waals surface area contributed by atoms with Gasteiger partial charge in [-0.2, -0.15) is 0 Å². The van der Waals surface area contributed by atoms with Crippen LogP contribution in [0.15, 0.2) is 30.5 Å². The van der Waals surface area contributed by atoms with Gasteiger partial charge in [-0.3, -0.25) is 9.59 Å². The highest BCUT2D eigenvalue weighted by Crippen LogP contribution is 2.18. The van der Waals surface area contributed by atoms with Crippen LogP contribution >= 0.6 is 0 Å². The molecule has 0 bridgehead atoms. The fraction of sp³-hybridized carbons (Fsp3) is 0.444. The number of amides is 1. The van der Waals surface area contributed by atoms with E-state index in [0.29, 0.717) is 13.0 Å². The number of hydrogen-bond acceptors (Lipinski definition) is 3. The number of benzene rings is 1. The van der Waals surface area contributed by atoms with Crippen LogP contribution in [0.5, 0.6) is 0 Å². The van der Waals surface area contributed by atoms with Crippen LogP contribution in [0, 0.1) is 0 Å². The van der Waals surface area contributed by atoms with Crippen molar-refractivity contribution in [3.05, 3.63) is 36.0 Å². The van der Waals surface area contributed by atoms with Crippen molar-refractivity contribution in [2.24, 2.45) is 5.73 Å². The van der Waals surface area contributed by atoms with Crippen molar-refractivity contribution < 1.29 is 9.59 Å². The predicted molar refractivity (Wildman–Crippen MR) is 94.3 cm³/mol. The normalized spacial score (nSPS) is 11.5. The van der Waals surface area contributed by atoms with Crippen molar-refractivity contribution in [3.8, 4) is 0 Å². The molecule has 0 fully saturated rings. The van der Waals surface area contributed by atoms with Gasteiger partial charge < -0.3 is 15.6 Å². The highest BCUT2D eigenvalue weighted by molar-refractivity contribution is 5.83. The van der Waals surface area contributed by atoms with E-state index >= 15 is 0 Å². The lowest BCUT2D eigenvalue weighted by Gasteiger charge is -2.12. The number of para-hydroxylation sites is 1. The number of nitrogens with two attached hydrogens (primary N) is 1.